The normalized spacial score (nSPS) is 21.1. The fourth-order valence-electron chi connectivity index (χ4n) is 1.95. The average molecular weight is 271 g/mol. The summed E-state index contributed by atoms with van der Waals surface area (Å²) in [5.74, 6) is 0.0524. The monoisotopic (exact) mass is 271 g/mol. The zero-order valence-electron chi connectivity index (χ0n) is 12.2. The Bertz CT molecular complexity index is 339. The molecule has 0 aromatic heterocycles. The highest BCUT2D eigenvalue weighted by atomic mass is 16.5. The first-order valence-corrected chi connectivity index (χ1v) is 6.62. The van der Waals surface area contributed by atoms with E-state index in [-0.39, 0.29) is 23.4 Å². The Kier molecular flexibility index (Phi) is 5.17. The first-order chi connectivity index (χ1) is 8.74. The standard InChI is InChI=1S/C13H25N3O3/c1-13(2,3)10(14)7-11(17)16-6-5-9(8-16)15-12(18)19-4/h9-10H,5-8,14H2,1-4H3,(H,15,18). The molecule has 1 rings (SSSR count). The second-order valence-corrected chi connectivity index (χ2v) is 6.14. The maximum atomic E-state index is 12.1. The third kappa shape index (κ3) is 4.70. The summed E-state index contributed by atoms with van der Waals surface area (Å²) in [5, 5.41) is 2.71. The summed E-state index contributed by atoms with van der Waals surface area (Å²) >= 11 is 0. The van der Waals surface area contributed by atoms with Crippen molar-refractivity contribution >= 4 is 12.0 Å². The van der Waals surface area contributed by atoms with Crippen molar-refractivity contribution in [1.82, 2.24) is 10.2 Å². The second-order valence-electron chi connectivity index (χ2n) is 6.14. The molecule has 0 bridgehead atoms. The number of nitrogens with zero attached hydrogens (tertiary/aromatic N) is 1. The van der Waals surface area contributed by atoms with E-state index in [4.69, 9.17) is 5.73 Å². The van der Waals surface area contributed by atoms with Crippen LogP contribution in [0.15, 0.2) is 0 Å². The number of rotatable bonds is 3. The number of hydrogen-bond donors (Lipinski definition) is 2. The maximum Gasteiger partial charge on any atom is 0.407 e. The summed E-state index contributed by atoms with van der Waals surface area (Å²) in [6.45, 7) is 7.26. The third-order valence-corrected chi connectivity index (χ3v) is 3.56. The molecule has 2 atom stereocenters. The largest absolute Gasteiger partial charge is 0.453 e. The van der Waals surface area contributed by atoms with Gasteiger partial charge in [0.15, 0.2) is 0 Å². The molecule has 6 heteroatoms. The second kappa shape index (κ2) is 6.23. The van der Waals surface area contributed by atoms with Crippen molar-refractivity contribution < 1.29 is 14.3 Å². The van der Waals surface area contributed by atoms with Gasteiger partial charge < -0.3 is 20.7 Å². The molecule has 6 nitrogen and oxygen atoms in total. The number of methoxy groups -OCH3 is 1. The van der Waals surface area contributed by atoms with E-state index in [0.717, 1.165) is 6.42 Å². The number of nitrogens with two attached hydrogens (primary N) is 1. The highest BCUT2D eigenvalue weighted by Crippen LogP contribution is 2.21. The summed E-state index contributed by atoms with van der Waals surface area (Å²) < 4.78 is 4.54. The highest BCUT2D eigenvalue weighted by molar-refractivity contribution is 5.77. The Morgan fingerprint density at radius 3 is 2.63 bits per heavy atom. The summed E-state index contributed by atoms with van der Waals surface area (Å²) in [6.07, 6.45) is 0.644. The van der Waals surface area contributed by atoms with E-state index in [9.17, 15) is 9.59 Å². The first-order valence-electron chi connectivity index (χ1n) is 6.62. The summed E-state index contributed by atoms with van der Waals surface area (Å²) in [5.41, 5.74) is 5.93. The Labute approximate surface area is 114 Å². The molecule has 0 aromatic rings. The summed E-state index contributed by atoms with van der Waals surface area (Å²) in [4.78, 5) is 25.0. The maximum absolute atomic E-state index is 12.1. The van der Waals surface area contributed by atoms with Gasteiger partial charge in [0.05, 0.1) is 13.2 Å². The zero-order chi connectivity index (χ0) is 14.6. The van der Waals surface area contributed by atoms with Gasteiger partial charge in [-0.25, -0.2) is 4.79 Å². The highest BCUT2D eigenvalue weighted by Gasteiger charge is 2.30. The van der Waals surface area contributed by atoms with Crippen LogP contribution in [-0.4, -0.2) is 49.2 Å². The molecular formula is C13H25N3O3. The van der Waals surface area contributed by atoms with Gasteiger partial charge in [-0.2, -0.15) is 0 Å². The average Bonchev–Trinajstić information content (AvgIpc) is 2.76. The fraction of sp³-hybridized carbons (Fsp3) is 0.846. The van der Waals surface area contributed by atoms with Gasteiger partial charge in [0.2, 0.25) is 5.91 Å². The molecule has 1 saturated heterocycles. The molecule has 1 heterocycles. The number of hydrogen-bond acceptors (Lipinski definition) is 4. The third-order valence-electron chi connectivity index (χ3n) is 3.56. The predicted molar refractivity (Wildman–Crippen MR) is 72.6 cm³/mol. The van der Waals surface area contributed by atoms with Crippen LogP contribution in [0.25, 0.3) is 0 Å². The van der Waals surface area contributed by atoms with Crippen LogP contribution in [0.1, 0.15) is 33.6 Å². The van der Waals surface area contributed by atoms with Crippen LogP contribution >= 0.6 is 0 Å². The minimum atomic E-state index is -0.453. The van der Waals surface area contributed by atoms with Crippen LogP contribution in [0.3, 0.4) is 0 Å². The van der Waals surface area contributed by atoms with Gasteiger partial charge in [-0.3, -0.25) is 4.79 Å². The molecular weight excluding hydrogens is 246 g/mol. The van der Waals surface area contributed by atoms with Crippen molar-refractivity contribution in [2.45, 2.75) is 45.7 Å². The van der Waals surface area contributed by atoms with Crippen LogP contribution in [0.2, 0.25) is 0 Å². The number of carbonyl (C=O) groups excluding carboxylic acids is 2. The van der Waals surface area contributed by atoms with Gasteiger partial charge in [0.1, 0.15) is 0 Å². The molecule has 2 amide bonds. The Morgan fingerprint density at radius 1 is 1.47 bits per heavy atom. The number of carbonyl (C=O) groups is 2. The lowest BCUT2D eigenvalue weighted by atomic mass is 9.85. The first kappa shape index (κ1) is 15.8. The molecule has 110 valence electrons. The zero-order valence-corrected chi connectivity index (χ0v) is 12.2. The van der Waals surface area contributed by atoms with Crippen LogP contribution in [0.5, 0.6) is 0 Å². The van der Waals surface area contributed by atoms with Gasteiger partial charge in [-0.1, -0.05) is 20.8 Å². The van der Waals surface area contributed by atoms with Crippen molar-refractivity contribution in [2.24, 2.45) is 11.1 Å². The van der Waals surface area contributed by atoms with Gasteiger partial charge in [-0.15, -0.1) is 0 Å². The van der Waals surface area contributed by atoms with Crippen LogP contribution < -0.4 is 11.1 Å². The SMILES string of the molecule is COC(=O)NC1CCN(C(=O)CC(N)C(C)(C)C)C1. The smallest absolute Gasteiger partial charge is 0.407 e. The topological polar surface area (TPSA) is 84.7 Å². The lowest BCUT2D eigenvalue weighted by Crippen LogP contribution is -2.42. The number of ether oxygens (including phenoxy) is 1. The van der Waals surface area contributed by atoms with E-state index in [1.54, 1.807) is 4.90 Å². The molecule has 1 aliphatic heterocycles. The minimum absolute atomic E-state index is 0.0257. The van der Waals surface area contributed by atoms with Gasteiger partial charge in [-0.05, 0) is 11.8 Å². The minimum Gasteiger partial charge on any atom is -0.453 e. The van der Waals surface area contributed by atoms with Crippen molar-refractivity contribution in [3.05, 3.63) is 0 Å². The van der Waals surface area contributed by atoms with Gasteiger partial charge >= 0.3 is 6.09 Å². The number of likely N-dealkylation sites (tertiary alicyclic amines) is 1. The molecule has 0 saturated carbocycles. The molecule has 1 fully saturated rings. The summed E-state index contributed by atoms with van der Waals surface area (Å²) in [6, 6.07) is -0.185. The summed E-state index contributed by atoms with van der Waals surface area (Å²) in [7, 11) is 1.33. The van der Waals surface area contributed by atoms with Crippen LogP contribution in [0.4, 0.5) is 4.79 Å². The van der Waals surface area contributed by atoms with E-state index in [1.165, 1.54) is 7.11 Å². The number of alkyl carbamates (subject to hydrolysis) is 1. The van der Waals surface area contributed by atoms with E-state index < -0.39 is 6.09 Å². The molecule has 2 unspecified atom stereocenters. The van der Waals surface area contributed by atoms with Gasteiger partial charge in [0.25, 0.3) is 0 Å². The van der Waals surface area contributed by atoms with E-state index in [2.05, 4.69) is 10.1 Å². The molecule has 0 aromatic carbocycles. The van der Waals surface area contributed by atoms with Crippen molar-refractivity contribution in [3.63, 3.8) is 0 Å². The molecule has 3 N–H and O–H groups in total. The molecule has 0 spiro atoms. The quantitative estimate of drug-likeness (QED) is 0.791. The Balaban J connectivity index is 2.42. The van der Waals surface area contributed by atoms with Gasteiger partial charge in [0, 0.05) is 25.6 Å². The van der Waals surface area contributed by atoms with Crippen molar-refractivity contribution in [1.29, 1.82) is 0 Å². The van der Waals surface area contributed by atoms with Crippen LogP contribution in [-0.2, 0) is 9.53 Å². The predicted octanol–water partition coefficient (Wildman–Crippen LogP) is 0.707. The van der Waals surface area contributed by atoms with Crippen molar-refractivity contribution in [2.75, 3.05) is 20.2 Å². The molecule has 0 radical (unpaired) electrons. The Hall–Kier alpha value is -1.30. The van der Waals surface area contributed by atoms with Crippen molar-refractivity contribution in [3.8, 4) is 0 Å². The Morgan fingerprint density at radius 2 is 2.11 bits per heavy atom. The van der Waals surface area contributed by atoms with E-state index in [0.29, 0.717) is 19.5 Å². The fourth-order valence-corrected chi connectivity index (χ4v) is 1.95. The molecule has 19 heavy (non-hydrogen) atoms. The lowest BCUT2D eigenvalue weighted by Gasteiger charge is -2.28. The molecule has 1 aliphatic rings. The lowest BCUT2D eigenvalue weighted by molar-refractivity contribution is -0.131. The van der Waals surface area contributed by atoms with E-state index >= 15 is 0 Å². The number of nitrogens with one attached hydrogen (secondary N) is 1. The van der Waals surface area contributed by atoms with Crippen LogP contribution in [0, 0.1) is 5.41 Å². The van der Waals surface area contributed by atoms with E-state index in [1.807, 2.05) is 20.8 Å². The molecule has 0 aliphatic carbocycles. The number of amides is 2.